The van der Waals surface area contributed by atoms with E-state index >= 15 is 0 Å². The van der Waals surface area contributed by atoms with Crippen LogP contribution in [0, 0.1) is 0 Å². The van der Waals surface area contributed by atoms with E-state index < -0.39 is 0 Å². The van der Waals surface area contributed by atoms with Crippen molar-refractivity contribution in [2.75, 3.05) is 7.05 Å². The van der Waals surface area contributed by atoms with Gasteiger partial charge in [-0.05, 0) is 94.0 Å². The second-order valence-corrected chi connectivity index (χ2v) is 12.0. The fourth-order valence-corrected chi connectivity index (χ4v) is 4.29. The molecule has 0 atom stereocenters. The Morgan fingerprint density at radius 3 is 1.70 bits per heavy atom. The molecule has 0 aliphatic heterocycles. The summed E-state index contributed by atoms with van der Waals surface area (Å²) in [5.41, 5.74) is 12.9. The van der Waals surface area contributed by atoms with E-state index in [-0.39, 0.29) is 0 Å². The minimum absolute atomic E-state index is 0.949. The first kappa shape index (κ1) is 50.5. The number of benzene rings is 3. The lowest BCUT2D eigenvalue weighted by Crippen LogP contribution is -2.04. The van der Waals surface area contributed by atoms with Crippen molar-refractivity contribution in [1.29, 1.82) is 0 Å². The van der Waals surface area contributed by atoms with Gasteiger partial charge in [0.15, 0.2) is 0 Å². The van der Waals surface area contributed by atoms with Crippen molar-refractivity contribution in [3.8, 4) is 11.1 Å². The number of aryl methyl sites for hydroxylation is 2. The minimum atomic E-state index is 0.949. The molecule has 0 aromatic heterocycles. The number of rotatable bonds is 12. The molecule has 0 heterocycles. The molecule has 0 spiro atoms. The molecular weight excluding hydrogens is 603 g/mol. The predicted octanol–water partition coefficient (Wildman–Crippen LogP) is 15.9. The highest BCUT2D eigenvalue weighted by Crippen LogP contribution is 2.27. The Balaban J connectivity index is -0.000000625. The highest BCUT2D eigenvalue weighted by molar-refractivity contribution is 5.79. The van der Waals surface area contributed by atoms with Gasteiger partial charge < -0.3 is 5.32 Å². The van der Waals surface area contributed by atoms with Crippen molar-refractivity contribution < 1.29 is 0 Å². The third-order valence-electron chi connectivity index (χ3n) is 7.66. The average molecular weight is 680 g/mol. The van der Waals surface area contributed by atoms with E-state index in [4.69, 9.17) is 0 Å². The van der Waals surface area contributed by atoms with E-state index in [9.17, 15) is 0 Å². The van der Waals surface area contributed by atoms with Gasteiger partial charge in [-0.25, -0.2) is 0 Å². The zero-order valence-corrected chi connectivity index (χ0v) is 34.6. The molecule has 1 heteroatoms. The Morgan fingerprint density at radius 1 is 0.720 bits per heavy atom. The van der Waals surface area contributed by atoms with Crippen LogP contribution in [0.25, 0.3) is 22.9 Å². The summed E-state index contributed by atoms with van der Waals surface area (Å²) in [6, 6.07) is 25.6. The van der Waals surface area contributed by atoms with Gasteiger partial charge in [0.05, 0.1) is 0 Å². The lowest BCUT2D eigenvalue weighted by Gasteiger charge is -2.12. The van der Waals surface area contributed by atoms with Gasteiger partial charge in [0.25, 0.3) is 0 Å². The minimum Gasteiger partial charge on any atom is -0.388 e. The Bertz CT molecular complexity index is 1300. The molecule has 1 N–H and O–H groups in total. The van der Waals surface area contributed by atoms with Crippen molar-refractivity contribution in [3.05, 3.63) is 145 Å². The number of nitrogens with one attached hydrogen (secondary N) is 1. The zero-order valence-electron chi connectivity index (χ0n) is 34.6. The molecule has 3 aromatic rings. The first-order valence-electron chi connectivity index (χ1n) is 19.2. The van der Waals surface area contributed by atoms with Gasteiger partial charge in [0, 0.05) is 18.3 Å². The van der Waals surface area contributed by atoms with Crippen molar-refractivity contribution in [1.82, 2.24) is 5.32 Å². The molecule has 3 aromatic carbocycles. The topological polar surface area (TPSA) is 12.0 Å². The molecule has 1 aliphatic carbocycles. The van der Waals surface area contributed by atoms with Crippen LogP contribution in [0.15, 0.2) is 122 Å². The fourth-order valence-electron chi connectivity index (χ4n) is 4.29. The fraction of sp³-hybridized carbons (Fsp3) is 0.429. The number of allylic oxidation sites excluding steroid dienone is 3. The maximum absolute atomic E-state index is 4.05. The Kier molecular flexibility index (Phi) is 35.4. The number of hydrogen-bond acceptors (Lipinski definition) is 1. The predicted molar refractivity (Wildman–Crippen MR) is 235 cm³/mol. The quantitative estimate of drug-likeness (QED) is 0.188. The van der Waals surface area contributed by atoms with Gasteiger partial charge in [0.1, 0.15) is 0 Å². The van der Waals surface area contributed by atoms with Crippen molar-refractivity contribution in [2.24, 2.45) is 0 Å². The van der Waals surface area contributed by atoms with Crippen LogP contribution in [0.4, 0.5) is 0 Å². The lowest BCUT2D eigenvalue weighted by molar-refractivity contribution is 0.789. The Hall–Kier alpha value is -3.84. The van der Waals surface area contributed by atoms with Gasteiger partial charge in [-0.3, -0.25) is 0 Å². The highest BCUT2D eigenvalue weighted by atomic mass is 14.8. The van der Waals surface area contributed by atoms with E-state index in [1.165, 1.54) is 95.9 Å². The van der Waals surface area contributed by atoms with E-state index in [1.807, 2.05) is 46.9 Å². The summed E-state index contributed by atoms with van der Waals surface area (Å²) in [4.78, 5) is 0. The molecule has 0 amide bonds. The molecule has 0 saturated heterocycles. The molecule has 278 valence electrons. The SMILES string of the molecule is C1CC1.C=C.C=C(C)CCCC.C=C(NC)c1ccccc1-c1ccc(CC)cc1.C=Cc1ccccc1CCCC(C)=C(C)C.CC.CC. The van der Waals surface area contributed by atoms with Crippen LogP contribution >= 0.6 is 0 Å². The van der Waals surface area contributed by atoms with E-state index in [1.54, 1.807) is 0 Å². The maximum Gasteiger partial charge on any atom is 0.0344 e. The van der Waals surface area contributed by atoms with Gasteiger partial charge in [-0.15, -0.1) is 19.7 Å². The molecule has 1 nitrogen and oxygen atoms in total. The van der Waals surface area contributed by atoms with Crippen LogP contribution < -0.4 is 5.32 Å². The van der Waals surface area contributed by atoms with Crippen molar-refractivity contribution >= 4 is 11.8 Å². The monoisotopic (exact) mass is 680 g/mol. The lowest BCUT2D eigenvalue weighted by atomic mass is 9.97. The molecule has 1 fully saturated rings. The molecule has 0 radical (unpaired) electrons. The summed E-state index contributed by atoms with van der Waals surface area (Å²) >= 11 is 0. The van der Waals surface area contributed by atoms with Crippen LogP contribution in [-0.4, -0.2) is 7.05 Å². The van der Waals surface area contributed by atoms with Crippen molar-refractivity contribution in [3.63, 3.8) is 0 Å². The molecule has 1 saturated carbocycles. The van der Waals surface area contributed by atoms with Gasteiger partial charge >= 0.3 is 0 Å². The normalized spacial score (nSPS) is 9.82. The van der Waals surface area contributed by atoms with E-state index in [0.29, 0.717) is 0 Å². The molecule has 4 rings (SSSR count). The van der Waals surface area contributed by atoms with Gasteiger partial charge in [-0.2, -0.15) is 0 Å². The first-order valence-corrected chi connectivity index (χ1v) is 19.2. The van der Waals surface area contributed by atoms with Crippen LogP contribution in [-0.2, 0) is 12.8 Å². The number of hydrogen-bond donors (Lipinski definition) is 1. The first-order chi connectivity index (χ1) is 24.2. The van der Waals surface area contributed by atoms with E-state index in [2.05, 4.69) is 146 Å². The van der Waals surface area contributed by atoms with Crippen molar-refractivity contribution in [2.45, 2.75) is 133 Å². The largest absolute Gasteiger partial charge is 0.388 e. The summed E-state index contributed by atoms with van der Waals surface area (Å²) in [6.07, 6.45) is 14.9. The zero-order chi connectivity index (χ0) is 38.7. The second-order valence-electron chi connectivity index (χ2n) is 12.0. The molecule has 0 bridgehead atoms. The maximum atomic E-state index is 4.05. The van der Waals surface area contributed by atoms with Gasteiger partial charge in [0.2, 0.25) is 0 Å². The van der Waals surface area contributed by atoms with Gasteiger partial charge in [-0.1, -0.05) is 176 Å². The van der Waals surface area contributed by atoms with Crippen LogP contribution in [0.2, 0.25) is 0 Å². The Morgan fingerprint density at radius 2 is 1.26 bits per heavy atom. The summed E-state index contributed by atoms with van der Waals surface area (Å²) in [5.74, 6) is 0. The standard InChI is InChI=1S/C17H19N.C16H22.C7H14.C3H6.2C2H6.C2H4/c1-4-14-9-11-15(12-10-14)17-8-6-5-7-16(17)13(2)18-3;1-5-15-10-6-7-11-16(15)12-8-9-14(4)13(2)3;1-4-5-6-7(2)3;1-2-3-1;3*1-2/h5-12,18H,2,4H2,1,3H3;5-7,10-11H,1,8-9,12H2,2-4H3;2,4-6H2,1,3H3;1-3H2;2*1-2H3;1-2H2. The molecule has 1 aliphatic rings. The third-order valence-corrected chi connectivity index (χ3v) is 7.66. The third kappa shape index (κ3) is 25.2. The highest BCUT2D eigenvalue weighted by Gasteiger charge is 2.06. The Labute approximate surface area is 312 Å². The smallest absolute Gasteiger partial charge is 0.0344 e. The van der Waals surface area contributed by atoms with Crippen LogP contribution in [0.5, 0.6) is 0 Å². The summed E-state index contributed by atoms with van der Waals surface area (Å²) in [6.45, 7) is 38.8. The average Bonchev–Trinajstić information content (AvgIpc) is 4.07. The van der Waals surface area contributed by atoms with E-state index in [0.717, 1.165) is 24.1 Å². The summed E-state index contributed by atoms with van der Waals surface area (Å²) in [7, 11) is 1.90. The second kappa shape index (κ2) is 35.0. The number of unbranched alkanes of at least 4 members (excludes halogenated alkanes) is 1. The molecule has 50 heavy (non-hydrogen) atoms. The summed E-state index contributed by atoms with van der Waals surface area (Å²) < 4.78 is 0. The molecular formula is C49H77N. The molecule has 0 unspecified atom stereocenters. The van der Waals surface area contributed by atoms with Crippen LogP contribution in [0.1, 0.15) is 143 Å². The summed E-state index contributed by atoms with van der Waals surface area (Å²) in [5, 5.41) is 3.12. The van der Waals surface area contributed by atoms with Crippen LogP contribution in [0.3, 0.4) is 0 Å².